The third kappa shape index (κ3) is 5.63. The van der Waals surface area contributed by atoms with Gasteiger partial charge >= 0.3 is 6.09 Å². The molecule has 0 spiro atoms. The number of carbonyl (C=O) groups excluding carboxylic acids is 1. The predicted octanol–water partition coefficient (Wildman–Crippen LogP) is 2.82. The van der Waals surface area contributed by atoms with E-state index in [0.717, 1.165) is 64.2 Å². The molecule has 0 radical (unpaired) electrons. The topological polar surface area (TPSA) is 75.2 Å². The smallest absolute Gasteiger partial charge is 0.410 e. The van der Waals surface area contributed by atoms with Gasteiger partial charge in [0.2, 0.25) is 0 Å². The Bertz CT molecular complexity index is 597. The van der Waals surface area contributed by atoms with Gasteiger partial charge in [-0.2, -0.15) is 0 Å². The van der Waals surface area contributed by atoms with Gasteiger partial charge in [-0.3, -0.25) is 4.99 Å². The summed E-state index contributed by atoms with van der Waals surface area (Å²) in [6.07, 6.45) is 8.08. The molecule has 2 bridgehead atoms. The van der Waals surface area contributed by atoms with Crippen LogP contribution in [0.1, 0.15) is 59.3 Å². The van der Waals surface area contributed by atoms with E-state index in [-0.39, 0.29) is 18.2 Å². The molecule has 7 heteroatoms. The van der Waals surface area contributed by atoms with E-state index < -0.39 is 5.60 Å². The first-order valence-corrected chi connectivity index (χ1v) is 10.6. The van der Waals surface area contributed by atoms with Crippen molar-refractivity contribution in [3.05, 3.63) is 11.6 Å². The summed E-state index contributed by atoms with van der Waals surface area (Å²) >= 11 is 0. The highest BCUT2D eigenvalue weighted by atomic mass is 16.6. The summed E-state index contributed by atoms with van der Waals surface area (Å²) in [7, 11) is 1.81. The van der Waals surface area contributed by atoms with E-state index in [1.165, 1.54) is 5.57 Å². The van der Waals surface area contributed by atoms with E-state index >= 15 is 0 Å². The van der Waals surface area contributed by atoms with E-state index in [1.54, 1.807) is 0 Å². The van der Waals surface area contributed by atoms with E-state index in [4.69, 9.17) is 9.47 Å². The molecule has 2 atom stereocenters. The average Bonchev–Trinajstić information content (AvgIpc) is 2.91. The highest BCUT2D eigenvalue weighted by Crippen LogP contribution is 2.36. The van der Waals surface area contributed by atoms with Crippen LogP contribution in [-0.2, 0) is 9.47 Å². The number of nitrogens with zero attached hydrogens (tertiary/aromatic N) is 2. The molecule has 0 aromatic carbocycles. The quantitative estimate of drug-likeness (QED) is 0.437. The van der Waals surface area contributed by atoms with Gasteiger partial charge in [0, 0.05) is 31.7 Å². The molecule has 3 heterocycles. The Balaban J connectivity index is 1.47. The number of amides is 1. The number of fused-ring (bicyclic) bond motifs is 2. The summed E-state index contributed by atoms with van der Waals surface area (Å²) in [6.45, 7) is 8.21. The van der Waals surface area contributed by atoms with Crippen LogP contribution in [0.3, 0.4) is 0 Å². The maximum atomic E-state index is 12.6. The van der Waals surface area contributed by atoms with Crippen molar-refractivity contribution in [2.45, 2.75) is 83.0 Å². The van der Waals surface area contributed by atoms with Crippen molar-refractivity contribution in [1.82, 2.24) is 15.5 Å². The van der Waals surface area contributed by atoms with E-state index in [9.17, 15) is 4.79 Å². The lowest BCUT2D eigenvalue weighted by Gasteiger charge is -2.40. The molecule has 2 saturated heterocycles. The summed E-state index contributed by atoms with van der Waals surface area (Å²) in [5.41, 5.74) is 1.01. The fraction of sp³-hybridized carbons (Fsp3) is 0.810. The van der Waals surface area contributed by atoms with Crippen molar-refractivity contribution in [3.8, 4) is 0 Å². The van der Waals surface area contributed by atoms with Crippen LogP contribution in [0.25, 0.3) is 0 Å². The third-order valence-electron chi connectivity index (χ3n) is 5.70. The maximum absolute atomic E-state index is 12.6. The molecule has 28 heavy (non-hydrogen) atoms. The SMILES string of the molecule is CN=C(NCCC1=CCOCC1)NC1CC2CCC(C1)N2C(=O)OC(C)(C)C. The monoisotopic (exact) mass is 392 g/mol. The number of aliphatic imine (C=N–C) groups is 1. The van der Waals surface area contributed by atoms with Gasteiger partial charge in [-0.05, 0) is 59.3 Å². The largest absolute Gasteiger partial charge is 0.444 e. The van der Waals surface area contributed by atoms with Gasteiger partial charge in [0.25, 0.3) is 0 Å². The lowest BCUT2D eigenvalue weighted by Crippen LogP contribution is -2.55. The number of guanidine groups is 1. The van der Waals surface area contributed by atoms with Gasteiger partial charge in [0.05, 0.1) is 13.2 Å². The minimum atomic E-state index is -0.447. The third-order valence-corrected chi connectivity index (χ3v) is 5.70. The molecule has 7 nitrogen and oxygen atoms in total. The van der Waals surface area contributed by atoms with E-state index in [0.29, 0.717) is 6.04 Å². The maximum Gasteiger partial charge on any atom is 0.410 e. The number of ether oxygens (including phenoxy) is 2. The van der Waals surface area contributed by atoms with Crippen LogP contribution in [0.5, 0.6) is 0 Å². The molecule has 158 valence electrons. The minimum Gasteiger partial charge on any atom is -0.444 e. The molecule has 0 aromatic rings. The Morgan fingerprint density at radius 2 is 2.04 bits per heavy atom. The van der Waals surface area contributed by atoms with Crippen LogP contribution < -0.4 is 10.6 Å². The van der Waals surface area contributed by atoms with Gasteiger partial charge in [-0.15, -0.1) is 0 Å². The fourth-order valence-electron chi connectivity index (χ4n) is 4.43. The van der Waals surface area contributed by atoms with Crippen LogP contribution in [0, 0.1) is 0 Å². The van der Waals surface area contributed by atoms with Crippen molar-refractivity contribution < 1.29 is 14.3 Å². The molecule has 0 aliphatic carbocycles. The number of rotatable bonds is 4. The lowest BCUT2D eigenvalue weighted by molar-refractivity contribution is 0.00545. The molecular weight excluding hydrogens is 356 g/mol. The van der Waals surface area contributed by atoms with E-state index in [1.807, 2.05) is 32.7 Å². The van der Waals surface area contributed by atoms with E-state index in [2.05, 4.69) is 21.7 Å². The highest BCUT2D eigenvalue weighted by molar-refractivity contribution is 5.80. The first-order valence-electron chi connectivity index (χ1n) is 10.6. The number of hydrogen-bond acceptors (Lipinski definition) is 4. The summed E-state index contributed by atoms with van der Waals surface area (Å²) in [5, 5.41) is 7.00. The lowest BCUT2D eigenvalue weighted by atomic mass is 9.98. The fourth-order valence-corrected chi connectivity index (χ4v) is 4.43. The van der Waals surface area contributed by atoms with Gasteiger partial charge in [0.15, 0.2) is 5.96 Å². The molecule has 0 saturated carbocycles. The Hall–Kier alpha value is -1.76. The second-order valence-electron chi connectivity index (χ2n) is 9.02. The normalized spacial score (nSPS) is 28.0. The second kappa shape index (κ2) is 9.16. The van der Waals surface area contributed by atoms with Gasteiger partial charge < -0.3 is 25.0 Å². The predicted molar refractivity (Wildman–Crippen MR) is 111 cm³/mol. The Labute approximate surface area is 168 Å². The zero-order chi connectivity index (χ0) is 20.1. The minimum absolute atomic E-state index is 0.161. The number of nitrogens with one attached hydrogen (secondary N) is 2. The van der Waals surface area contributed by atoms with Crippen molar-refractivity contribution in [3.63, 3.8) is 0 Å². The van der Waals surface area contributed by atoms with Crippen molar-refractivity contribution in [2.24, 2.45) is 4.99 Å². The molecule has 3 rings (SSSR count). The summed E-state index contributed by atoms with van der Waals surface area (Å²) in [5.74, 6) is 0.850. The van der Waals surface area contributed by atoms with Crippen molar-refractivity contribution in [2.75, 3.05) is 26.8 Å². The van der Waals surface area contributed by atoms with Crippen molar-refractivity contribution >= 4 is 12.1 Å². The molecule has 0 aromatic heterocycles. The standard InChI is InChI=1S/C21H36N4O3/c1-21(2,3)28-20(26)25-17-5-6-18(25)14-16(13-17)24-19(22-4)23-10-7-15-8-11-27-12-9-15/h8,16-18H,5-7,9-14H2,1-4H3,(H2,22,23,24). The Morgan fingerprint density at radius 1 is 1.32 bits per heavy atom. The first kappa shape index (κ1) is 21.0. The second-order valence-corrected chi connectivity index (χ2v) is 9.02. The first-order chi connectivity index (χ1) is 13.4. The zero-order valence-corrected chi connectivity index (χ0v) is 17.8. The van der Waals surface area contributed by atoms with Crippen molar-refractivity contribution in [1.29, 1.82) is 0 Å². The average molecular weight is 393 g/mol. The molecule has 3 aliphatic heterocycles. The zero-order valence-electron chi connectivity index (χ0n) is 17.8. The van der Waals surface area contributed by atoms with Crippen LogP contribution >= 0.6 is 0 Å². The van der Waals surface area contributed by atoms with Crippen LogP contribution in [0.2, 0.25) is 0 Å². The van der Waals surface area contributed by atoms with Gasteiger partial charge in [-0.25, -0.2) is 4.79 Å². The van der Waals surface area contributed by atoms with Gasteiger partial charge in [-0.1, -0.05) is 11.6 Å². The molecule has 2 N–H and O–H groups in total. The van der Waals surface area contributed by atoms with Crippen LogP contribution in [0.15, 0.2) is 16.6 Å². The molecule has 1 amide bonds. The molecular formula is C21H36N4O3. The summed E-state index contributed by atoms with van der Waals surface area (Å²) in [4.78, 5) is 19.0. The molecule has 3 aliphatic rings. The van der Waals surface area contributed by atoms with Gasteiger partial charge in [0.1, 0.15) is 5.60 Å². The summed E-state index contributed by atoms with van der Waals surface area (Å²) < 4.78 is 11.0. The number of piperidine rings is 1. The summed E-state index contributed by atoms with van der Waals surface area (Å²) in [6, 6.07) is 0.859. The number of hydrogen-bond donors (Lipinski definition) is 2. The molecule has 2 fully saturated rings. The Morgan fingerprint density at radius 3 is 2.61 bits per heavy atom. The van der Waals surface area contributed by atoms with Crippen LogP contribution in [0.4, 0.5) is 4.79 Å². The Kier molecular flexibility index (Phi) is 6.86. The highest BCUT2D eigenvalue weighted by Gasteiger charge is 2.45. The number of carbonyl (C=O) groups is 1. The van der Waals surface area contributed by atoms with Crippen LogP contribution in [-0.4, -0.2) is 67.5 Å². The molecule has 2 unspecified atom stereocenters.